The second-order valence-corrected chi connectivity index (χ2v) is 9.80. The highest BCUT2D eigenvalue weighted by molar-refractivity contribution is 7.90. The van der Waals surface area contributed by atoms with E-state index < -0.39 is 15.7 Å². The number of amides is 1. The fourth-order valence-corrected chi connectivity index (χ4v) is 5.15. The number of rotatable bonds is 6. The second kappa shape index (κ2) is 9.15. The molecule has 1 aliphatic heterocycles. The summed E-state index contributed by atoms with van der Waals surface area (Å²) in [6, 6.07) is 19.2. The molecule has 1 atom stereocenters. The number of halogens is 1. The van der Waals surface area contributed by atoms with Crippen LogP contribution in [-0.4, -0.2) is 32.2 Å². The molecule has 6 nitrogen and oxygen atoms in total. The van der Waals surface area contributed by atoms with E-state index in [9.17, 15) is 17.6 Å². The Hall–Kier alpha value is -3.52. The van der Waals surface area contributed by atoms with Gasteiger partial charge in [-0.05, 0) is 53.1 Å². The lowest BCUT2D eigenvalue weighted by Crippen LogP contribution is -2.24. The van der Waals surface area contributed by atoms with Crippen molar-refractivity contribution in [2.24, 2.45) is 5.10 Å². The summed E-state index contributed by atoms with van der Waals surface area (Å²) < 4.78 is 43.5. The van der Waals surface area contributed by atoms with Gasteiger partial charge in [-0.15, -0.1) is 0 Å². The first-order chi connectivity index (χ1) is 15.8. The third-order valence-electron chi connectivity index (χ3n) is 5.55. The molecule has 1 unspecified atom stereocenters. The Morgan fingerprint density at radius 3 is 2.24 bits per heavy atom. The van der Waals surface area contributed by atoms with E-state index in [1.165, 1.54) is 24.1 Å². The van der Waals surface area contributed by atoms with Crippen LogP contribution < -0.4 is 4.74 Å². The van der Waals surface area contributed by atoms with Crippen LogP contribution in [0.5, 0.6) is 5.75 Å². The Labute approximate surface area is 192 Å². The first kappa shape index (κ1) is 22.7. The molecule has 0 saturated heterocycles. The van der Waals surface area contributed by atoms with E-state index in [0.29, 0.717) is 12.0 Å². The zero-order chi connectivity index (χ0) is 23.6. The molecule has 0 bridgehead atoms. The number of hydrazone groups is 1. The highest BCUT2D eigenvalue weighted by atomic mass is 32.2. The molecule has 4 rings (SSSR count). The maximum atomic E-state index is 13.1. The number of ether oxygens (including phenoxy) is 1. The predicted octanol–water partition coefficient (Wildman–Crippen LogP) is 4.51. The highest BCUT2D eigenvalue weighted by Crippen LogP contribution is 2.33. The van der Waals surface area contributed by atoms with Crippen molar-refractivity contribution in [3.8, 4) is 5.75 Å². The van der Waals surface area contributed by atoms with Gasteiger partial charge in [0.2, 0.25) is 5.91 Å². The van der Waals surface area contributed by atoms with Gasteiger partial charge < -0.3 is 4.74 Å². The van der Waals surface area contributed by atoms with Gasteiger partial charge in [-0.2, -0.15) is 5.10 Å². The van der Waals surface area contributed by atoms with Crippen molar-refractivity contribution in [1.29, 1.82) is 0 Å². The minimum atomic E-state index is -3.59. The summed E-state index contributed by atoms with van der Waals surface area (Å²) in [5.74, 6) is -0.103. The number of hydrogen-bond acceptors (Lipinski definition) is 5. The number of carbonyl (C=O) groups excluding carboxylic acids is 1. The molecule has 8 heteroatoms. The monoisotopic (exact) mass is 466 g/mol. The van der Waals surface area contributed by atoms with Gasteiger partial charge in [-0.3, -0.25) is 4.79 Å². The molecule has 0 fully saturated rings. The average molecular weight is 467 g/mol. The summed E-state index contributed by atoms with van der Waals surface area (Å²) in [5.41, 5.74) is 3.13. The van der Waals surface area contributed by atoms with Crippen molar-refractivity contribution in [2.45, 2.75) is 30.0 Å². The standard InChI is InChI=1S/C25H23FN2O4S/c1-17(29)28-25(20-7-11-22(32-2)12-8-20)15-24(27-28)19-5-3-18(4-6-19)16-33(30,31)23-13-9-21(26)10-14-23/h3-14,25H,15-16H2,1-2H3. The molecule has 170 valence electrons. The van der Waals surface area contributed by atoms with Crippen LogP contribution in [0.4, 0.5) is 4.39 Å². The van der Waals surface area contributed by atoms with Crippen LogP contribution in [0.25, 0.3) is 0 Å². The van der Waals surface area contributed by atoms with Gasteiger partial charge in [0, 0.05) is 13.3 Å². The van der Waals surface area contributed by atoms with E-state index in [4.69, 9.17) is 4.74 Å². The Morgan fingerprint density at radius 1 is 1.03 bits per heavy atom. The number of methoxy groups -OCH3 is 1. The fourth-order valence-electron chi connectivity index (χ4n) is 3.80. The lowest BCUT2D eigenvalue weighted by molar-refractivity contribution is -0.130. The zero-order valence-electron chi connectivity index (χ0n) is 18.2. The van der Waals surface area contributed by atoms with Crippen molar-refractivity contribution in [1.82, 2.24) is 5.01 Å². The molecule has 0 N–H and O–H groups in total. The largest absolute Gasteiger partial charge is 0.497 e. The van der Waals surface area contributed by atoms with Crippen LogP contribution in [-0.2, 0) is 20.4 Å². The Kier molecular flexibility index (Phi) is 6.29. The molecule has 0 saturated carbocycles. The molecule has 3 aromatic carbocycles. The minimum absolute atomic E-state index is 0.0765. The van der Waals surface area contributed by atoms with Gasteiger partial charge in [0.05, 0.1) is 29.5 Å². The summed E-state index contributed by atoms with van der Waals surface area (Å²) in [5, 5.41) is 6.01. The topological polar surface area (TPSA) is 76.0 Å². The van der Waals surface area contributed by atoms with Gasteiger partial charge in [-0.1, -0.05) is 36.4 Å². The van der Waals surface area contributed by atoms with Gasteiger partial charge in [0.25, 0.3) is 0 Å². The Balaban J connectivity index is 1.52. The lowest BCUT2D eigenvalue weighted by Gasteiger charge is -2.20. The lowest BCUT2D eigenvalue weighted by atomic mass is 9.98. The molecule has 1 amide bonds. The van der Waals surface area contributed by atoms with Gasteiger partial charge in [-0.25, -0.2) is 17.8 Å². The normalized spacial score (nSPS) is 15.9. The summed E-state index contributed by atoms with van der Waals surface area (Å²) in [6.45, 7) is 1.48. The number of sulfone groups is 1. The third kappa shape index (κ3) is 4.96. The SMILES string of the molecule is COc1ccc(C2CC(c3ccc(CS(=O)(=O)c4ccc(F)cc4)cc3)=NN2C(C)=O)cc1. The first-order valence-electron chi connectivity index (χ1n) is 10.4. The van der Waals surface area contributed by atoms with Gasteiger partial charge >= 0.3 is 0 Å². The van der Waals surface area contributed by atoms with E-state index >= 15 is 0 Å². The molecule has 1 heterocycles. The maximum absolute atomic E-state index is 13.1. The van der Waals surface area contributed by atoms with E-state index in [-0.39, 0.29) is 22.6 Å². The van der Waals surface area contributed by atoms with Crippen molar-refractivity contribution >= 4 is 21.5 Å². The van der Waals surface area contributed by atoms with Crippen molar-refractivity contribution in [3.05, 3.63) is 95.3 Å². The molecule has 0 spiro atoms. The Morgan fingerprint density at radius 2 is 1.67 bits per heavy atom. The van der Waals surface area contributed by atoms with Crippen LogP contribution in [0.15, 0.2) is 82.8 Å². The summed E-state index contributed by atoms with van der Waals surface area (Å²) in [7, 11) is -1.99. The number of carbonyl (C=O) groups is 1. The van der Waals surface area contributed by atoms with Crippen molar-refractivity contribution in [2.75, 3.05) is 7.11 Å². The second-order valence-electron chi connectivity index (χ2n) is 7.81. The Bertz CT molecular complexity index is 1290. The van der Waals surface area contributed by atoms with Crippen LogP contribution in [0.3, 0.4) is 0 Å². The minimum Gasteiger partial charge on any atom is -0.497 e. The molecule has 33 heavy (non-hydrogen) atoms. The van der Waals surface area contributed by atoms with Gasteiger partial charge in [0.1, 0.15) is 11.6 Å². The third-order valence-corrected chi connectivity index (χ3v) is 7.25. The van der Waals surface area contributed by atoms with Crippen LogP contribution in [0, 0.1) is 5.82 Å². The average Bonchev–Trinajstić information content (AvgIpc) is 3.25. The molecular weight excluding hydrogens is 443 g/mol. The van der Waals surface area contributed by atoms with Gasteiger partial charge in [0.15, 0.2) is 9.84 Å². The molecular formula is C25H23FN2O4S. The molecule has 1 aliphatic rings. The number of nitrogens with zero attached hydrogens (tertiary/aromatic N) is 2. The highest BCUT2D eigenvalue weighted by Gasteiger charge is 2.31. The summed E-state index contributed by atoms with van der Waals surface area (Å²) >= 11 is 0. The predicted molar refractivity (Wildman–Crippen MR) is 123 cm³/mol. The van der Waals surface area contributed by atoms with Crippen LogP contribution in [0.1, 0.15) is 36.1 Å². The maximum Gasteiger partial charge on any atom is 0.240 e. The van der Waals surface area contributed by atoms with E-state index in [0.717, 1.165) is 34.7 Å². The molecule has 0 aliphatic carbocycles. The summed E-state index contributed by atoms with van der Waals surface area (Å²) in [4.78, 5) is 12.3. The van der Waals surface area contributed by atoms with Crippen LogP contribution in [0.2, 0.25) is 0 Å². The van der Waals surface area contributed by atoms with E-state index in [2.05, 4.69) is 5.10 Å². The zero-order valence-corrected chi connectivity index (χ0v) is 19.0. The smallest absolute Gasteiger partial charge is 0.240 e. The first-order valence-corrected chi connectivity index (χ1v) is 12.0. The van der Waals surface area contributed by atoms with Crippen molar-refractivity contribution < 1.29 is 22.3 Å². The summed E-state index contributed by atoms with van der Waals surface area (Å²) in [6.07, 6.45) is 0.541. The van der Waals surface area contributed by atoms with Crippen LogP contribution >= 0.6 is 0 Å². The van der Waals surface area contributed by atoms with E-state index in [1.807, 2.05) is 36.4 Å². The van der Waals surface area contributed by atoms with E-state index in [1.54, 1.807) is 19.2 Å². The number of benzene rings is 3. The molecule has 0 aromatic heterocycles. The van der Waals surface area contributed by atoms with Crippen molar-refractivity contribution in [3.63, 3.8) is 0 Å². The number of hydrogen-bond donors (Lipinski definition) is 0. The molecule has 3 aromatic rings. The quantitative estimate of drug-likeness (QED) is 0.501. The molecule has 0 radical (unpaired) electrons. The fraction of sp³-hybridized carbons (Fsp3) is 0.200.